The zero-order valence-electron chi connectivity index (χ0n) is 12.1. The van der Waals surface area contributed by atoms with Gasteiger partial charge in [-0.2, -0.15) is 0 Å². The van der Waals surface area contributed by atoms with Crippen LogP contribution in [0.25, 0.3) is 22.1 Å². The van der Waals surface area contributed by atoms with E-state index in [0.29, 0.717) is 15.3 Å². The normalized spacial score (nSPS) is 12.5. The van der Waals surface area contributed by atoms with Gasteiger partial charge in [0.05, 0.1) is 11.0 Å². The van der Waals surface area contributed by atoms with Crippen molar-refractivity contribution in [3.63, 3.8) is 0 Å². The molecule has 0 atom stereocenters. The van der Waals surface area contributed by atoms with Crippen molar-refractivity contribution in [2.45, 2.75) is 0 Å². The molecule has 22 heavy (non-hydrogen) atoms. The maximum Gasteiger partial charge on any atom is 0.275 e. The van der Waals surface area contributed by atoms with E-state index in [0.717, 1.165) is 16.9 Å². The van der Waals surface area contributed by atoms with Crippen LogP contribution >= 0.6 is 11.3 Å². The molecule has 0 aliphatic heterocycles. The van der Waals surface area contributed by atoms with Gasteiger partial charge in [-0.1, -0.05) is 23.5 Å². The van der Waals surface area contributed by atoms with Crippen LogP contribution in [-0.2, 0) is 0 Å². The minimum Gasteiger partial charge on any atom is -0.441 e. The molecule has 0 fully saturated rings. The Labute approximate surface area is 129 Å². The Morgan fingerprint density at radius 1 is 1.23 bits per heavy atom. The zero-order valence-corrected chi connectivity index (χ0v) is 12.9. The van der Waals surface area contributed by atoms with Crippen molar-refractivity contribution in [2.75, 3.05) is 19.0 Å². The SMILES string of the molecule is CN(C)c1ccc(C=c2sc3nc4ccccc4n3c2=O)o1. The molecule has 0 unspecified atom stereocenters. The molecule has 110 valence electrons. The van der Waals surface area contributed by atoms with Crippen LogP contribution in [0.4, 0.5) is 5.88 Å². The van der Waals surface area contributed by atoms with Crippen LogP contribution in [0.1, 0.15) is 5.76 Å². The van der Waals surface area contributed by atoms with Gasteiger partial charge in [-0.05, 0) is 18.2 Å². The van der Waals surface area contributed by atoms with Gasteiger partial charge in [0.15, 0.2) is 10.8 Å². The quantitative estimate of drug-likeness (QED) is 0.569. The largest absolute Gasteiger partial charge is 0.441 e. The molecular formula is C16H13N3O2S. The molecular weight excluding hydrogens is 298 g/mol. The first-order valence-electron chi connectivity index (χ1n) is 6.82. The summed E-state index contributed by atoms with van der Waals surface area (Å²) < 4.78 is 7.95. The summed E-state index contributed by atoms with van der Waals surface area (Å²) in [6.07, 6.45) is 1.77. The maximum atomic E-state index is 12.6. The van der Waals surface area contributed by atoms with Crippen LogP contribution < -0.4 is 15.0 Å². The molecule has 0 aliphatic carbocycles. The highest BCUT2D eigenvalue weighted by Gasteiger charge is 2.11. The van der Waals surface area contributed by atoms with Crippen LogP contribution in [-0.4, -0.2) is 23.5 Å². The smallest absolute Gasteiger partial charge is 0.275 e. The van der Waals surface area contributed by atoms with Crippen molar-refractivity contribution < 1.29 is 4.42 Å². The van der Waals surface area contributed by atoms with E-state index >= 15 is 0 Å². The molecule has 3 heterocycles. The molecule has 0 saturated carbocycles. The Morgan fingerprint density at radius 2 is 2.05 bits per heavy atom. The summed E-state index contributed by atoms with van der Waals surface area (Å²) >= 11 is 1.37. The van der Waals surface area contributed by atoms with E-state index in [2.05, 4.69) is 4.98 Å². The van der Waals surface area contributed by atoms with E-state index in [1.165, 1.54) is 11.3 Å². The second-order valence-electron chi connectivity index (χ2n) is 5.20. The van der Waals surface area contributed by atoms with Crippen LogP contribution in [0.3, 0.4) is 0 Å². The average Bonchev–Trinajstić information content (AvgIpc) is 3.16. The van der Waals surface area contributed by atoms with Gasteiger partial charge in [0, 0.05) is 26.2 Å². The molecule has 6 heteroatoms. The van der Waals surface area contributed by atoms with Gasteiger partial charge in [-0.25, -0.2) is 9.38 Å². The third-order valence-electron chi connectivity index (χ3n) is 3.47. The van der Waals surface area contributed by atoms with Crippen molar-refractivity contribution in [1.82, 2.24) is 9.38 Å². The Kier molecular flexibility index (Phi) is 2.80. The van der Waals surface area contributed by atoms with Gasteiger partial charge in [-0.15, -0.1) is 0 Å². The van der Waals surface area contributed by atoms with E-state index in [9.17, 15) is 4.79 Å². The number of hydrogen-bond donors (Lipinski definition) is 0. The van der Waals surface area contributed by atoms with E-state index in [-0.39, 0.29) is 5.56 Å². The molecule has 0 aliphatic rings. The van der Waals surface area contributed by atoms with Gasteiger partial charge in [0.2, 0.25) is 0 Å². The van der Waals surface area contributed by atoms with Crippen molar-refractivity contribution in [1.29, 1.82) is 0 Å². The Bertz CT molecular complexity index is 1090. The number of para-hydroxylation sites is 2. The predicted octanol–water partition coefficient (Wildman–Crippen LogP) is 2.12. The van der Waals surface area contributed by atoms with Crippen molar-refractivity contribution in [3.05, 3.63) is 57.0 Å². The van der Waals surface area contributed by atoms with Crippen molar-refractivity contribution in [3.8, 4) is 0 Å². The molecule has 5 nitrogen and oxygen atoms in total. The summed E-state index contributed by atoms with van der Waals surface area (Å²) in [5, 5.41) is 0. The third kappa shape index (κ3) is 1.92. The lowest BCUT2D eigenvalue weighted by Gasteiger charge is -2.05. The Morgan fingerprint density at radius 3 is 2.82 bits per heavy atom. The number of hydrogen-bond acceptors (Lipinski definition) is 5. The zero-order chi connectivity index (χ0) is 15.3. The highest BCUT2D eigenvalue weighted by molar-refractivity contribution is 7.15. The first kappa shape index (κ1) is 13.1. The number of benzene rings is 1. The number of furan rings is 1. The molecule has 4 rings (SSSR count). The second kappa shape index (κ2) is 4.71. The first-order valence-corrected chi connectivity index (χ1v) is 7.64. The maximum absolute atomic E-state index is 12.6. The Balaban J connectivity index is 1.93. The van der Waals surface area contributed by atoms with Crippen LogP contribution in [0.15, 0.2) is 45.6 Å². The lowest BCUT2D eigenvalue weighted by molar-refractivity contribution is 0.555. The fraction of sp³-hybridized carbons (Fsp3) is 0.125. The van der Waals surface area contributed by atoms with Gasteiger partial charge in [-0.3, -0.25) is 4.79 Å². The molecule has 0 saturated heterocycles. The molecule has 0 bridgehead atoms. The molecule has 0 N–H and O–H groups in total. The summed E-state index contributed by atoms with van der Waals surface area (Å²) in [5.41, 5.74) is 1.62. The van der Waals surface area contributed by atoms with Gasteiger partial charge < -0.3 is 9.32 Å². The fourth-order valence-electron chi connectivity index (χ4n) is 2.40. The van der Waals surface area contributed by atoms with E-state index in [4.69, 9.17) is 4.42 Å². The minimum atomic E-state index is -0.0588. The molecule has 0 amide bonds. The lowest BCUT2D eigenvalue weighted by Crippen LogP contribution is -2.22. The number of imidazole rings is 1. The van der Waals surface area contributed by atoms with E-state index in [1.54, 1.807) is 10.5 Å². The van der Waals surface area contributed by atoms with Crippen molar-refractivity contribution >= 4 is 39.3 Å². The number of thiazole rings is 1. The minimum absolute atomic E-state index is 0.0588. The Hall–Kier alpha value is -2.60. The summed E-state index contributed by atoms with van der Waals surface area (Å²) in [4.78, 5) is 19.7. The predicted molar refractivity (Wildman–Crippen MR) is 88.7 cm³/mol. The summed E-state index contributed by atoms with van der Waals surface area (Å²) in [6.45, 7) is 0. The molecule has 1 aromatic carbocycles. The van der Waals surface area contributed by atoms with E-state index in [1.807, 2.05) is 55.4 Å². The van der Waals surface area contributed by atoms with Crippen LogP contribution in [0.5, 0.6) is 0 Å². The monoisotopic (exact) mass is 311 g/mol. The van der Waals surface area contributed by atoms with Gasteiger partial charge in [0.25, 0.3) is 5.56 Å². The summed E-state index contributed by atoms with van der Waals surface area (Å²) in [7, 11) is 3.82. The molecule has 3 aromatic heterocycles. The molecule has 4 aromatic rings. The number of nitrogens with zero attached hydrogens (tertiary/aromatic N) is 3. The van der Waals surface area contributed by atoms with Gasteiger partial charge >= 0.3 is 0 Å². The fourth-order valence-corrected chi connectivity index (χ4v) is 3.37. The third-order valence-corrected chi connectivity index (χ3v) is 4.44. The topological polar surface area (TPSA) is 50.8 Å². The molecule has 0 radical (unpaired) electrons. The highest BCUT2D eigenvalue weighted by Crippen LogP contribution is 2.18. The molecule has 0 spiro atoms. The first-order chi connectivity index (χ1) is 10.6. The number of rotatable bonds is 2. The number of aromatic nitrogens is 2. The standard InChI is InChI=1S/C16H13N3O2S/c1-18(2)14-8-7-10(21-14)9-13-15(20)19-12-6-4-3-5-11(12)17-16(19)22-13/h3-9H,1-2H3. The average molecular weight is 311 g/mol. The number of fused-ring (bicyclic) bond motifs is 3. The highest BCUT2D eigenvalue weighted by atomic mass is 32.1. The summed E-state index contributed by atoms with van der Waals surface area (Å²) in [6, 6.07) is 11.4. The summed E-state index contributed by atoms with van der Waals surface area (Å²) in [5.74, 6) is 1.42. The number of anilines is 1. The van der Waals surface area contributed by atoms with Gasteiger partial charge in [0.1, 0.15) is 10.3 Å². The van der Waals surface area contributed by atoms with Crippen LogP contribution in [0, 0.1) is 0 Å². The van der Waals surface area contributed by atoms with Crippen molar-refractivity contribution in [2.24, 2.45) is 0 Å². The van der Waals surface area contributed by atoms with E-state index < -0.39 is 0 Å². The lowest BCUT2D eigenvalue weighted by atomic mass is 10.3. The second-order valence-corrected chi connectivity index (χ2v) is 6.21. The van der Waals surface area contributed by atoms with Crippen LogP contribution in [0.2, 0.25) is 0 Å².